The molecule has 4 rings (SSSR count). The van der Waals surface area contributed by atoms with Gasteiger partial charge in [0.2, 0.25) is 5.91 Å². The smallest absolute Gasteiger partial charge is 0.258 e. The van der Waals surface area contributed by atoms with Crippen molar-refractivity contribution in [2.24, 2.45) is 0 Å². The fourth-order valence-corrected chi connectivity index (χ4v) is 4.64. The number of aromatic nitrogens is 2. The van der Waals surface area contributed by atoms with Gasteiger partial charge in [0, 0.05) is 50.4 Å². The number of hydrogen-bond acceptors (Lipinski definition) is 6. The van der Waals surface area contributed by atoms with Gasteiger partial charge in [-0.1, -0.05) is 37.3 Å². The topological polar surface area (TPSA) is 61.2 Å². The summed E-state index contributed by atoms with van der Waals surface area (Å²) < 4.78 is 1.57. The Balaban J connectivity index is 1.41. The van der Waals surface area contributed by atoms with Gasteiger partial charge < -0.3 is 4.90 Å². The zero-order chi connectivity index (χ0) is 21.1. The molecule has 1 aromatic carbocycles. The van der Waals surface area contributed by atoms with Crippen LogP contribution in [0.25, 0.3) is 4.96 Å². The summed E-state index contributed by atoms with van der Waals surface area (Å²) in [6.07, 6.45) is 1.75. The van der Waals surface area contributed by atoms with Gasteiger partial charge in [0.15, 0.2) is 4.96 Å². The number of carbonyl (C=O) groups is 1. The summed E-state index contributed by atoms with van der Waals surface area (Å²) in [7, 11) is 2.00. The molecule has 1 amide bonds. The van der Waals surface area contributed by atoms with Crippen molar-refractivity contribution in [3.05, 3.63) is 69.6 Å². The standard InChI is InChI=1S/C22H27N5O2S/c1-3-24(2)20(17-7-5-4-6-8-17)21(29)26-11-9-25(10-12-26)16-18-15-19(28)27-13-14-30-22(27)23-18/h4-8,13-15,20H,3,9-12,16H2,1-2H3. The van der Waals surface area contributed by atoms with E-state index in [1.165, 1.54) is 11.3 Å². The van der Waals surface area contributed by atoms with Crippen LogP contribution in [0, 0.1) is 0 Å². The first-order valence-electron chi connectivity index (χ1n) is 10.3. The van der Waals surface area contributed by atoms with Gasteiger partial charge in [0.25, 0.3) is 5.56 Å². The normalized spacial score (nSPS) is 16.3. The maximum absolute atomic E-state index is 13.3. The van der Waals surface area contributed by atoms with E-state index in [-0.39, 0.29) is 17.5 Å². The Bertz CT molecular complexity index is 1060. The van der Waals surface area contributed by atoms with Crippen LogP contribution in [0.15, 0.2) is 52.8 Å². The van der Waals surface area contributed by atoms with Gasteiger partial charge in [-0.15, -0.1) is 11.3 Å². The monoisotopic (exact) mass is 425 g/mol. The molecule has 3 heterocycles. The Hall–Kier alpha value is -2.55. The summed E-state index contributed by atoms with van der Waals surface area (Å²) in [6, 6.07) is 11.3. The number of benzene rings is 1. The van der Waals surface area contributed by atoms with Gasteiger partial charge in [-0.2, -0.15) is 0 Å². The Morgan fingerprint density at radius 3 is 2.63 bits per heavy atom. The molecule has 0 aliphatic carbocycles. The Labute approximate surface area is 180 Å². The Morgan fingerprint density at radius 1 is 1.20 bits per heavy atom. The number of likely N-dealkylation sites (N-methyl/N-ethyl adjacent to an activating group) is 1. The van der Waals surface area contributed by atoms with Crippen molar-refractivity contribution in [3.8, 4) is 0 Å². The molecule has 0 bridgehead atoms. The lowest BCUT2D eigenvalue weighted by atomic mass is 10.0. The van der Waals surface area contributed by atoms with E-state index in [0.29, 0.717) is 19.6 Å². The summed E-state index contributed by atoms with van der Waals surface area (Å²) in [5.74, 6) is 0.154. The number of hydrogen-bond donors (Lipinski definition) is 0. The van der Waals surface area contributed by atoms with E-state index in [4.69, 9.17) is 0 Å². The first-order chi connectivity index (χ1) is 14.6. The summed E-state index contributed by atoms with van der Waals surface area (Å²) in [5.41, 5.74) is 1.77. The lowest BCUT2D eigenvalue weighted by Crippen LogP contribution is -2.51. The van der Waals surface area contributed by atoms with Crippen molar-refractivity contribution in [2.45, 2.75) is 19.5 Å². The lowest BCUT2D eigenvalue weighted by Gasteiger charge is -2.38. The summed E-state index contributed by atoms with van der Waals surface area (Å²) in [5, 5.41) is 1.87. The molecule has 158 valence electrons. The van der Waals surface area contributed by atoms with Gasteiger partial charge in [-0.25, -0.2) is 4.98 Å². The summed E-state index contributed by atoms with van der Waals surface area (Å²) in [4.78, 5) is 37.2. The Kier molecular flexibility index (Phi) is 6.26. The van der Waals surface area contributed by atoms with Crippen LogP contribution >= 0.6 is 11.3 Å². The lowest BCUT2D eigenvalue weighted by molar-refractivity contribution is -0.138. The van der Waals surface area contributed by atoms with Gasteiger partial charge >= 0.3 is 0 Å². The van der Waals surface area contributed by atoms with E-state index < -0.39 is 0 Å². The molecule has 7 nitrogen and oxygen atoms in total. The van der Waals surface area contributed by atoms with E-state index in [0.717, 1.165) is 35.9 Å². The van der Waals surface area contributed by atoms with Gasteiger partial charge in [-0.05, 0) is 19.2 Å². The largest absolute Gasteiger partial charge is 0.338 e. The van der Waals surface area contributed by atoms with E-state index >= 15 is 0 Å². The van der Waals surface area contributed by atoms with Crippen LogP contribution in [0.2, 0.25) is 0 Å². The van der Waals surface area contributed by atoms with Gasteiger partial charge in [0.05, 0.1) is 5.69 Å². The van der Waals surface area contributed by atoms with Crippen molar-refractivity contribution in [2.75, 3.05) is 39.8 Å². The molecule has 1 fully saturated rings. The number of carbonyl (C=O) groups excluding carboxylic acids is 1. The number of amides is 1. The second-order valence-corrected chi connectivity index (χ2v) is 8.50. The van der Waals surface area contributed by atoms with E-state index in [9.17, 15) is 9.59 Å². The van der Waals surface area contributed by atoms with Crippen LogP contribution in [-0.4, -0.2) is 69.8 Å². The van der Waals surface area contributed by atoms with Crippen LogP contribution in [0.4, 0.5) is 0 Å². The highest BCUT2D eigenvalue weighted by Gasteiger charge is 2.30. The first-order valence-corrected chi connectivity index (χ1v) is 11.2. The highest BCUT2D eigenvalue weighted by molar-refractivity contribution is 7.15. The predicted molar refractivity (Wildman–Crippen MR) is 119 cm³/mol. The van der Waals surface area contributed by atoms with E-state index in [2.05, 4.69) is 21.7 Å². The second-order valence-electron chi connectivity index (χ2n) is 7.63. The molecule has 8 heteroatoms. The molecule has 1 aliphatic heterocycles. The Morgan fingerprint density at radius 2 is 1.93 bits per heavy atom. The highest BCUT2D eigenvalue weighted by atomic mass is 32.1. The average molecular weight is 426 g/mol. The predicted octanol–water partition coefficient (Wildman–Crippen LogP) is 2.09. The fourth-order valence-electron chi connectivity index (χ4n) is 3.90. The van der Waals surface area contributed by atoms with Gasteiger partial charge in [-0.3, -0.25) is 23.8 Å². The van der Waals surface area contributed by atoms with Crippen LogP contribution in [0.3, 0.4) is 0 Å². The molecule has 30 heavy (non-hydrogen) atoms. The summed E-state index contributed by atoms with van der Waals surface area (Å²) in [6.45, 7) is 6.41. The molecule has 0 N–H and O–H groups in total. The maximum Gasteiger partial charge on any atom is 0.258 e. The van der Waals surface area contributed by atoms with Crippen LogP contribution in [-0.2, 0) is 11.3 Å². The zero-order valence-corrected chi connectivity index (χ0v) is 18.2. The van der Waals surface area contributed by atoms with Crippen molar-refractivity contribution in [3.63, 3.8) is 0 Å². The van der Waals surface area contributed by atoms with Crippen LogP contribution in [0.1, 0.15) is 24.2 Å². The van der Waals surface area contributed by atoms with Crippen LogP contribution < -0.4 is 5.56 Å². The van der Waals surface area contributed by atoms with Crippen molar-refractivity contribution < 1.29 is 4.79 Å². The minimum Gasteiger partial charge on any atom is -0.338 e. The molecule has 1 saturated heterocycles. The average Bonchev–Trinajstić information content (AvgIpc) is 3.24. The number of thiazole rings is 1. The van der Waals surface area contributed by atoms with Crippen molar-refractivity contribution >= 4 is 22.2 Å². The quantitative estimate of drug-likeness (QED) is 0.605. The van der Waals surface area contributed by atoms with E-state index in [1.54, 1.807) is 16.7 Å². The minimum atomic E-state index is -0.259. The molecular weight excluding hydrogens is 398 g/mol. The number of fused-ring (bicyclic) bond motifs is 1. The highest BCUT2D eigenvalue weighted by Crippen LogP contribution is 2.23. The number of piperazine rings is 1. The molecule has 0 radical (unpaired) electrons. The molecular formula is C22H27N5O2S. The number of nitrogens with zero attached hydrogens (tertiary/aromatic N) is 5. The van der Waals surface area contributed by atoms with E-state index in [1.807, 2.05) is 47.7 Å². The maximum atomic E-state index is 13.3. The van der Waals surface area contributed by atoms with Crippen molar-refractivity contribution in [1.29, 1.82) is 0 Å². The third-order valence-electron chi connectivity index (χ3n) is 5.71. The molecule has 1 atom stereocenters. The van der Waals surface area contributed by atoms with Crippen molar-refractivity contribution in [1.82, 2.24) is 24.1 Å². The third kappa shape index (κ3) is 4.30. The number of rotatable bonds is 6. The van der Waals surface area contributed by atoms with Crippen LogP contribution in [0.5, 0.6) is 0 Å². The minimum absolute atomic E-state index is 0.0432. The molecule has 0 spiro atoms. The molecule has 3 aromatic rings. The van der Waals surface area contributed by atoms with Gasteiger partial charge in [0.1, 0.15) is 6.04 Å². The fraction of sp³-hybridized carbons (Fsp3) is 0.409. The molecule has 1 aliphatic rings. The first kappa shape index (κ1) is 20.7. The SMILES string of the molecule is CCN(C)C(C(=O)N1CCN(Cc2cc(=O)n3ccsc3n2)CC1)c1ccccc1. The molecule has 1 unspecified atom stereocenters. The second kappa shape index (κ2) is 9.07. The zero-order valence-electron chi connectivity index (χ0n) is 17.4. The molecule has 2 aromatic heterocycles. The molecule has 0 saturated carbocycles. The third-order valence-corrected chi connectivity index (χ3v) is 6.47. The summed E-state index contributed by atoms with van der Waals surface area (Å²) >= 11 is 1.46.